The molecule has 0 bridgehead atoms. The summed E-state index contributed by atoms with van der Waals surface area (Å²) in [5.74, 6) is -0.623. The van der Waals surface area contributed by atoms with Crippen molar-refractivity contribution in [1.29, 1.82) is 0 Å². The first-order chi connectivity index (χ1) is 8.99. The van der Waals surface area contributed by atoms with E-state index in [1.807, 2.05) is 12.1 Å². The fourth-order valence-electron chi connectivity index (χ4n) is 1.96. The van der Waals surface area contributed by atoms with Crippen LogP contribution in [0.25, 0.3) is 0 Å². The highest BCUT2D eigenvalue weighted by atomic mass is 16.5. The summed E-state index contributed by atoms with van der Waals surface area (Å²) in [6.45, 7) is 8.91. The van der Waals surface area contributed by atoms with Crippen molar-refractivity contribution in [3.63, 3.8) is 0 Å². The number of benzene rings is 1. The van der Waals surface area contributed by atoms with Crippen LogP contribution in [0.4, 0.5) is 5.69 Å². The van der Waals surface area contributed by atoms with Gasteiger partial charge in [-0.2, -0.15) is 0 Å². The van der Waals surface area contributed by atoms with E-state index in [1.54, 1.807) is 19.1 Å². The molecular formula is C15H21NO3. The molecule has 0 radical (unpaired) electrons. The number of rotatable bonds is 6. The molecule has 4 heteroatoms. The first kappa shape index (κ1) is 15.2. The van der Waals surface area contributed by atoms with E-state index in [0.717, 1.165) is 18.8 Å². The molecule has 0 saturated carbocycles. The predicted molar refractivity (Wildman–Crippen MR) is 75.6 cm³/mol. The molecule has 0 heterocycles. The number of hydrogen-bond donors (Lipinski definition) is 0. The summed E-state index contributed by atoms with van der Waals surface area (Å²) in [6.07, 6.45) is -0.739. The van der Waals surface area contributed by atoms with Gasteiger partial charge in [0.25, 0.3) is 0 Å². The van der Waals surface area contributed by atoms with Gasteiger partial charge < -0.3 is 9.64 Å². The smallest absolute Gasteiger partial charge is 0.303 e. The summed E-state index contributed by atoms with van der Waals surface area (Å²) in [7, 11) is 0. The summed E-state index contributed by atoms with van der Waals surface area (Å²) in [6, 6.07) is 7.38. The highest BCUT2D eigenvalue weighted by molar-refractivity contribution is 6.00. The van der Waals surface area contributed by atoms with Crippen LogP contribution in [0, 0.1) is 0 Å². The van der Waals surface area contributed by atoms with Gasteiger partial charge in [0.05, 0.1) is 0 Å². The van der Waals surface area contributed by atoms with Gasteiger partial charge in [0.15, 0.2) is 6.10 Å². The molecular weight excluding hydrogens is 242 g/mol. The molecule has 1 unspecified atom stereocenters. The number of ketones is 1. The lowest BCUT2D eigenvalue weighted by Gasteiger charge is -2.21. The molecule has 0 N–H and O–H groups in total. The highest BCUT2D eigenvalue weighted by Crippen LogP contribution is 2.16. The molecule has 0 spiro atoms. The van der Waals surface area contributed by atoms with Crippen LogP contribution in [-0.4, -0.2) is 30.9 Å². The van der Waals surface area contributed by atoms with Gasteiger partial charge in [-0.1, -0.05) is 0 Å². The number of Topliss-reactive ketones (excluding diaryl/α,β-unsaturated/α-hetero) is 1. The summed E-state index contributed by atoms with van der Waals surface area (Å²) >= 11 is 0. The van der Waals surface area contributed by atoms with Crippen LogP contribution >= 0.6 is 0 Å². The standard InChI is InChI=1S/C15H21NO3/c1-5-16(6-2)14-9-7-13(8-10-14)15(18)11(3)19-12(4)17/h7-11H,5-6H2,1-4H3. The molecule has 0 aliphatic heterocycles. The Hall–Kier alpha value is -1.84. The van der Waals surface area contributed by atoms with Crippen LogP contribution in [0.5, 0.6) is 0 Å². The summed E-state index contributed by atoms with van der Waals surface area (Å²) in [4.78, 5) is 25.0. The lowest BCUT2D eigenvalue weighted by atomic mass is 10.1. The maximum absolute atomic E-state index is 12.0. The Morgan fingerprint density at radius 2 is 1.68 bits per heavy atom. The van der Waals surface area contributed by atoms with Crippen molar-refractivity contribution in [3.05, 3.63) is 29.8 Å². The van der Waals surface area contributed by atoms with Gasteiger partial charge in [-0.3, -0.25) is 9.59 Å². The van der Waals surface area contributed by atoms with Crippen LogP contribution in [0.15, 0.2) is 24.3 Å². The summed E-state index contributed by atoms with van der Waals surface area (Å²) < 4.78 is 4.89. The van der Waals surface area contributed by atoms with Crippen molar-refractivity contribution in [2.75, 3.05) is 18.0 Å². The maximum atomic E-state index is 12.0. The fraction of sp³-hybridized carbons (Fsp3) is 0.467. The minimum absolute atomic E-state index is 0.179. The Morgan fingerprint density at radius 1 is 1.16 bits per heavy atom. The number of carbonyl (C=O) groups excluding carboxylic acids is 2. The first-order valence-electron chi connectivity index (χ1n) is 6.56. The maximum Gasteiger partial charge on any atom is 0.303 e. The van der Waals surface area contributed by atoms with E-state index in [2.05, 4.69) is 18.7 Å². The molecule has 1 atom stereocenters. The SMILES string of the molecule is CCN(CC)c1ccc(C(=O)C(C)OC(C)=O)cc1. The molecule has 0 fully saturated rings. The van der Waals surface area contributed by atoms with Crippen molar-refractivity contribution >= 4 is 17.4 Å². The number of anilines is 1. The van der Waals surface area contributed by atoms with Gasteiger partial charge >= 0.3 is 5.97 Å². The van der Waals surface area contributed by atoms with E-state index < -0.39 is 12.1 Å². The monoisotopic (exact) mass is 263 g/mol. The van der Waals surface area contributed by atoms with E-state index in [0.29, 0.717) is 5.56 Å². The molecule has 0 aliphatic carbocycles. The Kier molecular flexibility index (Phi) is 5.55. The second kappa shape index (κ2) is 6.92. The zero-order chi connectivity index (χ0) is 14.4. The molecule has 1 aromatic rings. The molecule has 4 nitrogen and oxygen atoms in total. The van der Waals surface area contributed by atoms with E-state index in [1.165, 1.54) is 6.92 Å². The summed E-state index contributed by atoms with van der Waals surface area (Å²) in [5, 5.41) is 0. The van der Waals surface area contributed by atoms with Crippen LogP contribution in [0.2, 0.25) is 0 Å². The minimum Gasteiger partial charge on any atom is -0.454 e. The van der Waals surface area contributed by atoms with E-state index in [-0.39, 0.29) is 5.78 Å². The molecule has 0 amide bonds. The Bertz CT molecular complexity index is 435. The van der Waals surface area contributed by atoms with Crippen molar-refractivity contribution in [1.82, 2.24) is 0 Å². The Balaban J connectivity index is 2.81. The van der Waals surface area contributed by atoms with Gasteiger partial charge in [-0.25, -0.2) is 0 Å². The van der Waals surface area contributed by atoms with Crippen molar-refractivity contribution < 1.29 is 14.3 Å². The van der Waals surface area contributed by atoms with Crippen molar-refractivity contribution in [2.45, 2.75) is 33.8 Å². The summed E-state index contributed by atoms with van der Waals surface area (Å²) in [5.41, 5.74) is 1.64. The van der Waals surface area contributed by atoms with E-state index >= 15 is 0 Å². The second-order valence-electron chi connectivity index (χ2n) is 4.34. The second-order valence-corrected chi connectivity index (χ2v) is 4.34. The average molecular weight is 263 g/mol. The molecule has 104 valence electrons. The van der Waals surface area contributed by atoms with E-state index in [9.17, 15) is 9.59 Å². The molecule has 1 rings (SSSR count). The largest absolute Gasteiger partial charge is 0.454 e. The lowest BCUT2D eigenvalue weighted by Crippen LogP contribution is -2.24. The number of carbonyl (C=O) groups is 2. The minimum atomic E-state index is -0.739. The highest BCUT2D eigenvalue weighted by Gasteiger charge is 2.17. The Morgan fingerprint density at radius 3 is 2.11 bits per heavy atom. The lowest BCUT2D eigenvalue weighted by molar-refractivity contribution is -0.143. The zero-order valence-corrected chi connectivity index (χ0v) is 12.0. The number of esters is 1. The first-order valence-corrected chi connectivity index (χ1v) is 6.56. The van der Waals surface area contributed by atoms with E-state index in [4.69, 9.17) is 4.74 Å². The molecule has 0 aliphatic rings. The predicted octanol–water partition coefficient (Wildman–Crippen LogP) is 2.67. The van der Waals surface area contributed by atoms with Gasteiger partial charge in [0.2, 0.25) is 5.78 Å². The Labute approximate surface area is 114 Å². The third kappa shape index (κ3) is 4.09. The van der Waals surface area contributed by atoms with Crippen molar-refractivity contribution in [2.24, 2.45) is 0 Å². The number of hydrogen-bond acceptors (Lipinski definition) is 4. The van der Waals surface area contributed by atoms with Gasteiger partial charge in [-0.15, -0.1) is 0 Å². The molecule has 0 saturated heterocycles. The van der Waals surface area contributed by atoms with Gasteiger partial charge in [-0.05, 0) is 45.0 Å². The van der Waals surface area contributed by atoms with Crippen molar-refractivity contribution in [3.8, 4) is 0 Å². The van der Waals surface area contributed by atoms with Crippen LogP contribution in [0.3, 0.4) is 0 Å². The fourth-order valence-corrected chi connectivity index (χ4v) is 1.96. The van der Waals surface area contributed by atoms with Crippen LogP contribution < -0.4 is 4.90 Å². The number of nitrogens with zero attached hydrogens (tertiary/aromatic N) is 1. The molecule has 0 aromatic heterocycles. The third-order valence-electron chi connectivity index (χ3n) is 2.99. The third-order valence-corrected chi connectivity index (χ3v) is 2.99. The molecule has 19 heavy (non-hydrogen) atoms. The van der Waals surface area contributed by atoms with Gasteiger partial charge in [0.1, 0.15) is 0 Å². The number of ether oxygens (including phenoxy) is 1. The normalized spacial score (nSPS) is 11.8. The van der Waals surface area contributed by atoms with Crippen LogP contribution in [0.1, 0.15) is 38.1 Å². The molecule has 1 aromatic carbocycles. The average Bonchev–Trinajstić information content (AvgIpc) is 2.39. The van der Waals surface area contributed by atoms with Crippen LogP contribution in [-0.2, 0) is 9.53 Å². The quantitative estimate of drug-likeness (QED) is 0.585. The zero-order valence-electron chi connectivity index (χ0n) is 12.0. The van der Waals surface area contributed by atoms with Gasteiger partial charge in [0, 0.05) is 31.3 Å². The topological polar surface area (TPSA) is 46.6 Å².